The number of carbonyl (C=O) groups is 1. The van der Waals surface area contributed by atoms with E-state index in [-0.39, 0.29) is 5.91 Å². The van der Waals surface area contributed by atoms with Gasteiger partial charge in [-0.3, -0.25) is 4.79 Å². The second-order valence-corrected chi connectivity index (χ2v) is 5.70. The van der Waals surface area contributed by atoms with Gasteiger partial charge >= 0.3 is 0 Å². The quantitative estimate of drug-likeness (QED) is 0.794. The molecule has 1 aromatic carbocycles. The summed E-state index contributed by atoms with van der Waals surface area (Å²) in [5.41, 5.74) is 0.480. The molecule has 24 heavy (non-hydrogen) atoms. The number of ether oxygens (including phenoxy) is 3. The first-order valence-electron chi connectivity index (χ1n) is 7.83. The number of halogens is 1. The monoisotopic (exact) mass is 351 g/mol. The topological polar surface area (TPSA) is 56.8 Å². The standard InChI is InChI=1S/C18H22ClNO4/c1-4-15(24-12-8-6-5-7-9-12)18(21)20-14-10-13(19)16(22-2)11-17(14)23-3/h5-6,8,10-11,15H,4,7,9H2,1-3H3,(H,20,21). The van der Waals surface area contributed by atoms with E-state index in [1.165, 1.54) is 14.2 Å². The Kier molecular flexibility index (Phi) is 6.55. The Labute approximate surface area is 147 Å². The molecule has 1 aliphatic carbocycles. The highest BCUT2D eigenvalue weighted by Gasteiger charge is 2.21. The Balaban J connectivity index is 2.13. The fraction of sp³-hybridized carbons (Fsp3) is 0.389. The van der Waals surface area contributed by atoms with E-state index in [1.807, 2.05) is 19.1 Å². The Morgan fingerprint density at radius 1 is 1.29 bits per heavy atom. The number of hydrogen-bond donors (Lipinski definition) is 1. The van der Waals surface area contributed by atoms with Gasteiger partial charge in [-0.25, -0.2) is 0 Å². The van der Waals surface area contributed by atoms with Gasteiger partial charge in [-0.1, -0.05) is 30.7 Å². The van der Waals surface area contributed by atoms with Crippen LogP contribution in [0.4, 0.5) is 5.69 Å². The van der Waals surface area contributed by atoms with Crippen LogP contribution in [0, 0.1) is 0 Å². The lowest BCUT2D eigenvalue weighted by atomic mass is 10.1. The van der Waals surface area contributed by atoms with Crippen LogP contribution in [-0.4, -0.2) is 26.2 Å². The molecule has 1 aromatic rings. The van der Waals surface area contributed by atoms with Gasteiger partial charge in [-0.15, -0.1) is 0 Å². The molecule has 130 valence electrons. The van der Waals surface area contributed by atoms with Crippen LogP contribution in [0.1, 0.15) is 26.2 Å². The van der Waals surface area contributed by atoms with Gasteiger partial charge in [0, 0.05) is 12.5 Å². The molecule has 0 saturated heterocycles. The van der Waals surface area contributed by atoms with E-state index in [1.54, 1.807) is 12.1 Å². The van der Waals surface area contributed by atoms with Crippen LogP contribution < -0.4 is 14.8 Å². The summed E-state index contributed by atoms with van der Waals surface area (Å²) in [4.78, 5) is 12.5. The van der Waals surface area contributed by atoms with Gasteiger partial charge < -0.3 is 19.5 Å². The molecule has 1 amide bonds. The maximum absolute atomic E-state index is 12.5. The molecule has 1 unspecified atom stereocenters. The third-order valence-corrected chi connectivity index (χ3v) is 3.96. The molecule has 0 aliphatic heterocycles. The summed E-state index contributed by atoms with van der Waals surface area (Å²) in [5, 5.41) is 3.21. The highest BCUT2D eigenvalue weighted by atomic mass is 35.5. The molecule has 0 spiro atoms. The minimum atomic E-state index is -0.576. The number of nitrogens with one attached hydrogen (secondary N) is 1. The maximum atomic E-state index is 12.5. The van der Waals surface area contributed by atoms with Crippen molar-refractivity contribution in [2.24, 2.45) is 0 Å². The van der Waals surface area contributed by atoms with E-state index < -0.39 is 6.10 Å². The maximum Gasteiger partial charge on any atom is 0.265 e. The van der Waals surface area contributed by atoms with Gasteiger partial charge in [0.2, 0.25) is 0 Å². The zero-order chi connectivity index (χ0) is 17.5. The van der Waals surface area contributed by atoms with Crippen LogP contribution in [0.25, 0.3) is 0 Å². The van der Waals surface area contributed by atoms with E-state index >= 15 is 0 Å². The second kappa shape index (κ2) is 8.64. The Hall–Kier alpha value is -2.14. The number of methoxy groups -OCH3 is 2. The number of rotatable bonds is 7. The number of benzene rings is 1. The van der Waals surface area contributed by atoms with Crippen LogP contribution in [0.5, 0.6) is 11.5 Å². The van der Waals surface area contributed by atoms with E-state index in [0.29, 0.717) is 28.6 Å². The molecular weight excluding hydrogens is 330 g/mol. The first-order chi connectivity index (χ1) is 11.6. The summed E-state index contributed by atoms with van der Waals surface area (Å²) in [6, 6.07) is 3.24. The third kappa shape index (κ3) is 4.45. The highest BCUT2D eigenvalue weighted by molar-refractivity contribution is 6.32. The lowest BCUT2D eigenvalue weighted by Gasteiger charge is -2.21. The van der Waals surface area contributed by atoms with E-state index in [4.69, 9.17) is 25.8 Å². The summed E-state index contributed by atoms with van der Waals surface area (Å²) in [5.74, 6) is 1.53. The molecule has 1 aliphatic rings. The SMILES string of the molecule is CCC(OC1=CC=CCC1)C(=O)Nc1cc(Cl)c(OC)cc1OC. The normalized spacial score (nSPS) is 14.6. The first-order valence-corrected chi connectivity index (χ1v) is 8.21. The van der Waals surface area contributed by atoms with Crippen molar-refractivity contribution in [3.63, 3.8) is 0 Å². The number of allylic oxidation sites excluding steroid dienone is 4. The highest BCUT2D eigenvalue weighted by Crippen LogP contribution is 2.36. The second-order valence-electron chi connectivity index (χ2n) is 5.29. The average molecular weight is 352 g/mol. The molecule has 0 saturated carbocycles. The van der Waals surface area contributed by atoms with Crippen molar-refractivity contribution in [2.75, 3.05) is 19.5 Å². The molecule has 0 fully saturated rings. The van der Waals surface area contributed by atoms with Gasteiger partial charge in [-0.2, -0.15) is 0 Å². The van der Waals surface area contributed by atoms with Crippen LogP contribution in [0.3, 0.4) is 0 Å². The van der Waals surface area contributed by atoms with Crippen molar-refractivity contribution in [1.82, 2.24) is 0 Å². The lowest BCUT2D eigenvalue weighted by Crippen LogP contribution is -2.30. The molecule has 0 radical (unpaired) electrons. The summed E-state index contributed by atoms with van der Waals surface area (Å²) < 4.78 is 16.3. The number of anilines is 1. The molecule has 0 aromatic heterocycles. The fourth-order valence-electron chi connectivity index (χ4n) is 2.35. The molecule has 1 N–H and O–H groups in total. The first kappa shape index (κ1) is 18.2. The van der Waals surface area contributed by atoms with Gasteiger partial charge in [0.05, 0.1) is 30.7 Å². The van der Waals surface area contributed by atoms with Gasteiger partial charge in [-0.05, 0) is 25.0 Å². The number of hydrogen-bond acceptors (Lipinski definition) is 4. The van der Waals surface area contributed by atoms with E-state index in [2.05, 4.69) is 11.4 Å². The molecule has 5 nitrogen and oxygen atoms in total. The number of amides is 1. The molecule has 0 heterocycles. The van der Waals surface area contributed by atoms with Crippen molar-refractivity contribution < 1.29 is 19.0 Å². The largest absolute Gasteiger partial charge is 0.495 e. The van der Waals surface area contributed by atoms with Crippen molar-refractivity contribution >= 4 is 23.2 Å². The van der Waals surface area contributed by atoms with Crippen LogP contribution in [-0.2, 0) is 9.53 Å². The molecule has 1 atom stereocenters. The van der Waals surface area contributed by atoms with Crippen LogP contribution in [0.15, 0.2) is 36.1 Å². The van der Waals surface area contributed by atoms with Gasteiger partial charge in [0.15, 0.2) is 6.10 Å². The Morgan fingerprint density at radius 3 is 2.62 bits per heavy atom. The summed E-state index contributed by atoms with van der Waals surface area (Å²) >= 11 is 6.13. The predicted molar refractivity (Wildman–Crippen MR) is 94.8 cm³/mol. The van der Waals surface area contributed by atoms with Crippen molar-refractivity contribution in [2.45, 2.75) is 32.3 Å². The molecule has 6 heteroatoms. The Bertz CT molecular complexity index is 655. The fourth-order valence-corrected chi connectivity index (χ4v) is 2.60. The molecule has 2 rings (SSSR count). The molecule has 0 bridgehead atoms. The van der Waals surface area contributed by atoms with Crippen molar-refractivity contribution in [3.8, 4) is 11.5 Å². The van der Waals surface area contributed by atoms with Crippen LogP contribution in [0.2, 0.25) is 5.02 Å². The third-order valence-electron chi connectivity index (χ3n) is 3.66. The minimum absolute atomic E-state index is 0.243. The summed E-state index contributed by atoms with van der Waals surface area (Å²) in [6.07, 6.45) is 7.61. The summed E-state index contributed by atoms with van der Waals surface area (Å²) in [6.45, 7) is 1.90. The van der Waals surface area contributed by atoms with Crippen molar-refractivity contribution in [1.29, 1.82) is 0 Å². The predicted octanol–water partition coefficient (Wildman–Crippen LogP) is 4.32. The summed E-state index contributed by atoms with van der Waals surface area (Å²) in [7, 11) is 3.04. The lowest BCUT2D eigenvalue weighted by molar-refractivity contribution is -0.125. The Morgan fingerprint density at radius 2 is 2.04 bits per heavy atom. The minimum Gasteiger partial charge on any atom is -0.495 e. The molecular formula is C18H22ClNO4. The van der Waals surface area contributed by atoms with Crippen molar-refractivity contribution in [3.05, 3.63) is 41.1 Å². The van der Waals surface area contributed by atoms with E-state index in [9.17, 15) is 4.79 Å². The van der Waals surface area contributed by atoms with Crippen LogP contribution >= 0.6 is 11.6 Å². The van der Waals surface area contributed by atoms with Gasteiger partial charge in [0.1, 0.15) is 11.5 Å². The number of carbonyl (C=O) groups excluding carboxylic acids is 1. The smallest absolute Gasteiger partial charge is 0.265 e. The zero-order valence-corrected chi connectivity index (χ0v) is 14.9. The van der Waals surface area contributed by atoms with E-state index in [0.717, 1.165) is 18.6 Å². The van der Waals surface area contributed by atoms with Gasteiger partial charge in [0.25, 0.3) is 5.91 Å². The average Bonchev–Trinajstić information content (AvgIpc) is 2.60. The zero-order valence-electron chi connectivity index (χ0n) is 14.1.